The van der Waals surface area contributed by atoms with Gasteiger partial charge in [-0.05, 0) is 37.5 Å². The van der Waals surface area contributed by atoms with E-state index in [0.717, 1.165) is 12.8 Å². The van der Waals surface area contributed by atoms with Gasteiger partial charge in [0.2, 0.25) is 0 Å². The molecule has 0 saturated carbocycles. The quantitative estimate of drug-likeness (QED) is 0.391. The van der Waals surface area contributed by atoms with Crippen molar-refractivity contribution in [2.75, 3.05) is 0 Å². The highest BCUT2D eigenvalue weighted by molar-refractivity contribution is 5.29. The molecule has 96 valence electrons. The molecule has 0 radical (unpaired) electrons. The zero-order chi connectivity index (χ0) is 13.5. The average Bonchev–Trinajstić information content (AvgIpc) is 2.39. The van der Waals surface area contributed by atoms with Gasteiger partial charge in [0.05, 0.1) is 0 Å². The first kappa shape index (κ1) is 16.3. The van der Waals surface area contributed by atoms with E-state index in [0.29, 0.717) is 6.42 Å². The molecule has 1 nitrogen and oxygen atoms in total. The lowest BCUT2D eigenvalue weighted by Gasteiger charge is -1.93. The van der Waals surface area contributed by atoms with E-state index in [2.05, 4.69) is 49.0 Å². The average molecular weight is 242 g/mol. The number of allylic oxidation sites excluding steroid dienone is 3. The molecule has 0 aliphatic carbocycles. The van der Waals surface area contributed by atoms with E-state index in [1.54, 1.807) is 0 Å². The summed E-state index contributed by atoms with van der Waals surface area (Å²) >= 11 is 0. The third-order valence-corrected chi connectivity index (χ3v) is 2.26. The molecule has 0 rings (SSSR count). The van der Waals surface area contributed by atoms with Crippen molar-refractivity contribution in [2.24, 2.45) is 0 Å². The lowest BCUT2D eigenvalue weighted by molar-refractivity contribution is 0.281. The molecule has 0 saturated heterocycles. The number of rotatable bonds is 8. The van der Waals surface area contributed by atoms with E-state index in [1.165, 1.54) is 25.3 Å². The van der Waals surface area contributed by atoms with Crippen LogP contribution >= 0.6 is 0 Å². The smallest absolute Gasteiger partial charge is 0.134 e. The van der Waals surface area contributed by atoms with Crippen LogP contribution in [0.2, 0.25) is 0 Å². The molecule has 1 heteroatoms. The first-order chi connectivity index (χ1) is 8.81. The van der Waals surface area contributed by atoms with E-state index in [1.807, 2.05) is 6.08 Å². The molecule has 0 heterocycles. The monoisotopic (exact) mass is 242 g/mol. The summed E-state index contributed by atoms with van der Waals surface area (Å²) in [6, 6.07) is 0. The number of hydrogen-bond acceptors (Lipinski definition) is 1. The van der Waals surface area contributed by atoms with Crippen molar-refractivity contribution in [1.29, 1.82) is 0 Å². The Morgan fingerprint density at radius 2 is 1.78 bits per heavy atom. The van der Waals surface area contributed by atoms with E-state index in [4.69, 9.17) is 5.11 Å². The molecule has 0 aromatic rings. The van der Waals surface area contributed by atoms with Crippen LogP contribution in [-0.2, 0) is 0 Å². The molecular formula is C17H22O. The summed E-state index contributed by atoms with van der Waals surface area (Å²) in [7, 11) is 0. The fraction of sp³-hybridized carbons (Fsp3) is 0.412. The van der Waals surface area contributed by atoms with Crippen LogP contribution in [0.1, 0.15) is 38.5 Å². The molecule has 0 spiro atoms. The summed E-state index contributed by atoms with van der Waals surface area (Å²) in [5.74, 6) is 10.7. The predicted octanol–water partition coefficient (Wildman–Crippen LogP) is 3.62. The second-order valence-corrected chi connectivity index (χ2v) is 3.85. The van der Waals surface area contributed by atoms with Crippen LogP contribution in [0.15, 0.2) is 37.5 Å². The van der Waals surface area contributed by atoms with E-state index >= 15 is 0 Å². The van der Waals surface area contributed by atoms with Crippen LogP contribution in [0.25, 0.3) is 0 Å². The van der Waals surface area contributed by atoms with Gasteiger partial charge >= 0.3 is 0 Å². The maximum atomic E-state index is 9.04. The minimum Gasteiger partial charge on any atom is -0.377 e. The number of aliphatic hydroxyl groups is 1. The summed E-state index contributed by atoms with van der Waals surface area (Å²) in [6.07, 6.45) is 13.5. The zero-order valence-electron chi connectivity index (χ0n) is 11.0. The van der Waals surface area contributed by atoms with Crippen molar-refractivity contribution in [2.45, 2.75) is 44.6 Å². The molecule has 0 bridgehead atoms. The lowest BCUT2D eigenvalue weighted by atomic mass is 10.1. The highest BCUT2D eigenvalue weighted by atomic mass is 16.3. The molecule has 1 atom stereocenters. The first-order valence-electron chi connectivity index (χ1n) is 6.36. The number of hydrogen-bond donors (Lipinski definition) is 1. The van der Waals surface area contributed by atoms with Crippen molar-refractivity contribution in [1.82, 2.24) is 0 Å². The van der Waals surface area contributed by atoms with Gasteiger partial charge in [0.1, 0.15) is 6.10 Å². The summed E-state index contributed by atoms with van der Waals surface area (Å²) < 4.78 is 0. The number of aliphatic hydroxyl groups excluding tert-OH is 1. The number of unbranched alkanes of at least 4 members (excludes halogenated alkanes) is 4. The SMILES string of the molecule is C=CCCCCC/C=C\CC#CC#CC(O)C=C. The van der Waals surface area contributed by atoms with Crippen LogP contribution in [0.4, 0.5) is 0 Å². The van der Waals surface area contributed by atoms with E-state index < -0.39 is 6.10 Å². The van der Waals surface area contributed by atoms with Crippen molar-refractivity contribution in [3.8, 4) is 23.7 Å². The zero-order valence-corrected chi connectivity index (χ0v) is 11.0. The Bertz CT molecular complexity index is 368. The van der Waals surface area contributed by atoms with Gasteiger partial charge in [-0.25, -0.2) is 0 Å². The van der Waals surface area contributed by atoms with E-state index in [9.17, 15) is 0 Å². The third-order valence-electron chi connectivity index (χ3n) is 2.26. The van der Waals surface area contributed by atoms with Gasteiger partial charge in [0.25, 0.3) is 0 Å². The molecule has 0 aliphatic heterocycles. The van der Waals surface area contributed by atoms with Gasteiger partial charge in [0, 0.05) is 6.42 Å². The lowest BCUT2D eigenvalue weighted by Crippen LogP contribution is -1.94. The Kier molecular flexibility index (Phi) is 12.1. The van der Waals surface area contributed by atoms with Gasteiger partial charge < -0.3 is 5.11 Å². The molecule has 0 fully saturated rings. The molecule has 1 unspecified atom stereocenters. The first-order valence-corrected chi connectivity index (χ1v) is 6.36. The molecule has 0 aromatic carbocycles. The molecule has 0 aliphatic rings. The maximum absolute atomic E-state index is 9.04. The largest absolute Gasteiger partial charge is 0.377 e. The minimum absolute atomic E-state index is 0.714. The van der Waals surface area contributed by atoms with Crippen LogP contribution in [-0.4, -0.2) is 11.2 Å². The Morgan fingerprint density at radius 3 is 2.50 bits per heavy atom. The Balaban J connectivity index is 3.52. The minimum atomic E-state index is -0.773. The Labute approximate surface area is 111 Å². The second kappa shape index (κ2) is 13.4. The van der Waals surface area contributed by atoms with Crippen molar-refractivity contribution >= 4 is 0 Å². The van der Waals surface area contributed by atoms with Crippen molar-refractivity contribution in [3.05, 3.63) is 37.5 Å². The summed E-state index contributed by atoms with van der Waals surface area (Å²) in [4.78, 5) is 0. The van der Waals surface area contributed by atoms with Crippen LogP contribution < -0.4 is 0 Å². The van der Waals surface area contributed by atoms with Crippen LogP contribution in [0.5, 0.6) is 0 Å². The molecule has 18 heavy (non-hydrogen) atoms. The van der Waals surface area contributed by atoms with Gasteiger partial charge in [-0.3, -0.25) is 0 Å². The fourth-order valence-electron chi connectivity index (χ4n) is 1.25. The standard InChI is InChI=1S/C17H22O/c1-3-5-6-7-8-9-10-11-12-13-14-15-16-17(18)4-2/h3-4,10-11,17-18H,1-2,5-9,12H2/b11-10-. The van der Waals surface area contributed by atoms with E-state index in [-0.39, 0.29) is 0 Å². The third kappa shape index (κ3) is 12.4. The predicted molar refractivity (Wildman–Crippen MR) is 78.8 cm³/mol. The van der Waals surface area contributed by atoms with Crippen LogP contribution in [0.3, 0.4) is 0 Å². The van der Waals surface area contributed by atoms with Gasteiger partial charge in [-0.15, -0.1) is 6.58 Å². The van der Waals surface area contributed by atoms with Gasteiger partial charge in [0.15, 0.2) is 0 Å². The molecular weight excluding hydrogens is 220 g/mol. The summed E-state index contributed by atoms with van der Waals surface area (Å²) in [5.41, 5.74) is 0. The topological polar surface area (TPSA) is 20.2 Å². The van der Waals surface area contributed by atoms with Gasteiger partial charge in [-0.1, -0.05) is 49.1 Å². The maximum Gasteiger partial charge on any atom is 0.134 e. The highest BCUT2D eigenvalue weighted by Gasteiger charge is 1.85. The molecule has 0 aromatic heterocycles. The second-order valence-electron chi connectivity index (χ2n) is 3.85. The highest BCUT2D eigenvalue weighted by Crippen LogP contribution is 2.03. The van der Waals surface area contributed by atoms with Crippen LogP contribution in [0, 0.1) is 23.7 Å². The van der Waals surface area contributed by atoms with Gasteiger partial charge in [-0.2, -0.15) is 0 Å². The molecule has 0 amide bonds. The summed E-state index contributed by atoms with van der Waals surface area (Å²) in [5, 5.41) is 9.04. The fourth-order valence-corrected chi connectivity index (χ4v) is 1.25. The Morgan fingerprint density at radius 1 is 1.00 bits per heavy atom. The molecule has 1 N–H and O–H groups in total. The van der Waals surface area contributed by atoms with Crippen molar-refractivity contribution < 1.29 is 5.11 Å². The normalized spacial score (nSPS) is 10.9. The Hall–Kier alpha value is -1.70. The summed E-state index contributed by atoms with van der Waals surface area (Å²) in [6.45, 7) is 7.12. The van der Waals surface area contributed by atoms with Crippen molar-refractivity contribution in [3.63, 3.8) is 0 Å².